The highest BCUT2D eigenvalue weighted by molar-refractivity contribution is 7.99. The lowest BCUT2D eigenvalue weighted by molar-refractivity contribution is -0.137. The molecule has 0 bridgehead atoms. The zero-order chi connectivity index (χ0) is 17.2. The van der Waals surface area contributed by atoms with Crippen LogP contribution < -0.4 is 10.2 Å². The second kappa shape index (κ2) is 8.34. The standard InChI is InChI=1S/C18H19F3N2S.ClH/c1-13-12-14(18(19,20)21)6-7-16(13)24-17-5-3-2-4-15(17)23-10-8-22-9-11-23;/h2-7,12,22H,8-11H2,1H3;1H. The molecule has 1 aliphatic rings. The number of para-hydroxylation sites is 1. The van der Waals surface area contributed by atoms with E-state index in [0.29, 0.717) is 5.56 Å². The molecule has 2 aromatic carbocycles. The molecule has 1 heterocycles. The first-order valence-corrected chi connectivity index (χ1v) is 8.67. The summed E-state index contributed by atoms with van der Waals surface area (Å²) >= 11 is 1.52. The van der Waals surface area contributed by atoms with Gasteiger partial charge in [-0.3, -0.25) is 0 Å². The molecule has 0 amide bonds. The van der Waals surface area contributed by atoms with Crippen LogP contribution in [-0.2, 0) is 6.18 Å². The predicted molar refractivity (Wildman–Crippen MR) is 99.1 cm³/mol. The van der Waals surface area contributed by atoms with Crippen molar-refractivity contribution in [1.82, 2.24) is 5.32 Å². The number of nitrogens with one attached hydrogen (secondary N) is 1. The van der Waals surface area contributed by atoms with Crippen molar-refractivity contribution in [3.63, 3.8) is 0 Å². The molecule has 0 radical (unpaired) electrons. The Bertz CT molecular complexity index is 716. The highest BCUT2D eigenvalue weighted by Gasteiger charge is 2.30. The first kappa shape index (κ1) is 19.9. The topological polar surface area (TPSA) is 15.3 Å². The molecule has 2 aromatic rings. The van der Waals surface area contributed by atoms with Gasteiger partial charge in [0.1, 0.15) is 0 Å². The zero-order valence-electron chi connectivity index (χ0n) is 13.8. The van der Waals surface area contributed by atoms with E-state index < -0.39 is 11.7 Å². The van der Waals surface area contributed by atoms with Gasteiger partial charge in [-0.15, -0.1) is 12.4 Å². The van der Waals surface area contributed by atoms with Crippen molar-refractivity contribution in [2.24, 2.45) is 0 Å². The molecule has 1 N–H and O–H groups in total. The molecule has 7 heteroatoms. The van der Waals surface area contributed by atoms with Gasteiger partial charge >= 0.3 is 6.18 Å². The van der Waals surface area contributed by atoms with Crippen LogP contribution in [0.25, 0.3) is 0 Å². The minimum Gasteiger partial charge on any atom is -0.368 e. The first-order chi connectivity index (χ1) is 11.4. The summed E-state index contributed by atoms with van der Waals surface area (Å²) in [6.07, 6.45) is -4.30. The molecular formula is C18H20ClF3N2S. The molecule has 0 spiro atoms. The largest absolute Gasteiger partial charge is 0.416 e. The fraction of sp³-hybridized carbons (Fsp3) is 0.333. The van der Waals surface area contributed by atoms with E-state index in [0.717, 1.165) is 47.7 Å². The van der Waals surface area contributed by atoms with Crippen LogP contribution in [0.3, 0.4) is 0 Å². The van der Waals surface area contributed by atoms with E-state index in [1.54, 1.807) is 13.0 Å². The molecule has 136 valence electrons. The number of alkyl halides is 3. The van der Waals surface area contributed by atoms with Crippen LogP contribution in [0.5, 0.6) is 0 Å². The van der Waals surface area contributed by atoms with Crippen molar-refractivity contribution in [3.05, 3.63) is 53.6 Å². The van der Waals surface area contributed by atoms with Gasteiger partial charge < -0.3 is 10.2 Å². The van der Waals surface area contributed by atoms with Crippen molar-refractivity contribution in [2.45, 2.75) is 22.9 Å². The Labute approximate surface area is 156 Å². The molecule has 1 aliphatic heterocycles. The predicted octanol–water partition coefficient (Wildman–Crippen LogP) is 5.00. The second-order valence-electron chi connectivity index (χ2n) is 5.78. The highest BCUT2D eigenvalue weighted by Crippen LogP contribution is 2.39. The van der Waals surface area contributed by atoms with Crippen LogP contribution in [0.1, 0.15) is 11.1 Å². The summed E-state index contributed by atoms with van der Waals surface area (Å²) in [5, 5.41) is 3.33. The van der Waals surface area contributed by atoms with Gasteiger partial charge in [-0.25, -0.2) is 0 Å². The Kier molecular flexibility index (Phi) is 6.65. The van der Waals surface area contributed by atoms with Crippen molar-refractivity contribution >= 4 is 29.9 Å². The smallest absolute Gasteiger partial charge is 0.368 e. The van der Waals surface area contributed by atoms with Gasteiger partial charge in [0, 0.05) is 36.0 Å². The Hall–Kier alpha value is -1.37. The van der Waals surface area contributed by atoms with E-state index in [2.05, 4.69) is 16.3 Å². The van der Waals surface area contributed by atoms with Gasteiger partial charge in [-0.05, 0) is 42.8 Å². The third-order valence-corrected chi connectivity index (χ3v) is 5.29. The maximum atomic E-state index is 12.8. The lowest BCUT2D eigenvalue weighted by Crippen LogP contribution is -2.43. The van der Waals surface area contributed by atoms with Gasteiger partial charge in [0.25, 0.3) is 0 Å². The molecule has 0 aliphatic carbocycles. The molecule has 0 aromatic heterocycles. The van der Waals surface area contributed by atoms with E-state index in [4.69, 9.17) is 0 Å². The van der Waals surface area contributed by atoms with Crippen molar-refractivity contribution in [2.75, 3.05) is 31.1 Å². The minimum atomic E-state index is -4.30. The molecule has 0 atom stereocenters. The molecule has 1 saturated heterocycles. The molecular weight excluding hydrogens is 369 g/mol. The second-order valence-corrected chi connectivity index (χ2v) is 6.87. The quantitative estimate of drug-likeness (QED) is 0.796. The summed E-state index contributed by atoms with van der Waals surface area (Å²) < 4.78 is 38.4. The third kappa shape index (κ3) is 4.84. The van der Waals surface area contributed by atoms with Gasteiger partial charge in [-0.2, -0.15) is 13.2 Å². The maximum Gasteiger partial charge on any atom is 0.416 e. The van der Waals surface area contributed by atoms with E-state index >= 15 is 0 Å². The monoisotopic (exact) mass is 388 g/mol. The Morgan fingerprint density at radius 1 is 1.00 bits per heavy atom. The lowest BCUT2D eigenvalue weighted by atomic mass is 10.1. The molecule has 3 rings (SSSR count). The lowest BCUT2D eigenvalue weighted by Gasteiger charge is -2.31. The fourth-order valence-corrected chi connectivity index (χ4v) is 3.81. The van der Waals surface area contributed by atoms with E-state index in [9.17, 15) is 13.2 Å². The average molecular weight is 389 g/mol. The SMILES string of the molecule is Cc1cc(C(F)(F)F)ccc1Sc1ccccc1N1CCNCC1.Cl. The number of rotatable bonds is 3. The fourth-order valence-electron chi connectivity index (χ4n) is 2.77. The third-order valence-electron chi connectivity index (χ3n) is 4.05. The number of piperazine rings is 1. The summed E-state index contributed by atoms with van der Waals surface area (Å²) in [6.45, 7) is 5.48. The summed E-state index contributed by atoms with van der Waals surface area (Å²) in [6, 6.07) is 12.0. The number of aryl methyl sites for hydroxylation is 1. The Balaban J connectivity index is 0.00000225. The minimum absolute atomic E-state index is 0. The molecule has 1 fully saturated rings. The first-order valence-electron chi connectivity index (χ1n) is 7.85. The van der Waals surface area contributed by atoms with Crippen molar-refractivity contribution in [3.8, 4) is 0 Å². The van der Waals surface area contributed by atoms with Crippen LogP contribution in [-0.4, -0.2) is 26.2 Å². The number of hydrogen-bond donors (Lipinski definition) is 1. The van der Waals surface area contributed by atoms with Crippen LogP contribution in [0.15, 0.2) is 52.3 Å². The molecule has 25 heavy (non-hydrogen) atoms. The van der Waals surface area contributed by atoms with Gasteiger partial charge in [0.05, 0.1) is 11.3 Å². The molecule has 0 saturated carbocycles. The number of benzene rings is 2. The summed E-state index contributed by atoms with van der Waals surface area (Å²) in [5.74, 6) is 0. The van der Waals surface area contributed by atoms with E-state index in [1.807, 2.05) is 18.2 Å². The number of halogens is 4. The van der Waals surface area contributed by atoms with Gasteiger partial charge in [0.2, 0.25) is 0 Å². The molecule has 0 unspecified atom stereocenters. The van der Waals surface area contributed by atoms with Crippen LogP contribution in [0, 0.1) is 6.92 Å². The number of nitrogens with zero attached hydrogens (tertiary/aromatic N) is 1. The normalized spacial score (nSPS) is 15.0. The molecule has 2 nitrogen and oxygen atoms in total. The van der Waals surface area contributed by atoms with Crippen molar-refractivity contribution in [1.29, 1.82) is 0 Å². The van der Waals surface area contributed by atoms with Gasteiger partial charge in [0.15, 0.2) is 0 Å². The Morgan fingerprint density at radius 2 is 1.68 bits per heavy atom. The summed E-state index contributed by atoms with van der Waals surface area (Å²) in [7, 11) is 0. The van der Waals surface area contributed by atoms with E-state index in [-0.39, 0.29) is 12.4 Å². The Morgan fingerprint density at radius 3 is 2.32 bits per heavy atom. The van der Waals surface area contributed by atoms with Gasteiger partial charge in [-0.1, -0.05) is 23.9 Å². The zero-order valence-corrected chi connectivity index (χ0v) is 15.4. The van der Waals surface area contributed by atoms with Crippen LogP contribution in [0.4, 0.5) is 18.9 Å². The number of hydrogen-bond acceptors (Lipinski definition) is 3. The highest BCUT2D eigenvalue weighted by atomic mass is 35.5. The van der Waals surface area contributed by atoms with E-state index in [1.165, 1.54) is 17.8 Å². The average Bonchev–Trinajstić information content (AvgIpc) is 2.57. The summed E-state index contributed by atoms with van der Waals surface area (Å²) in [5.41, 5.74) is 1.19. The summed E-state index contributed by atoms with van der Waals surface area (Å²) in [4.78, 5) is 4.24. The van der Waals surface area contributed by atoms with Crippen molar-refractivity contribution < 1.29 is 13.2 Å². The van der Waals surface area contributed by atoms with Crippen LogP contribution in [0.2, 0.25) is 0 Å². The van der Waals surface area contributed by atoms with Crippen LogP contribution >= 0.6 is 24.2 Å². The maximum absolute atomic E-state index is 12.8. The number of anilines is 1.